The van der Waals surface area contributed by atoms with Gasteiger partial charge >= 0.3 is 5.97 Å². The number of hydrogen-bond acceptors (Lipinski definition) is 5. The Bertz CT molecular complexity index is 1020. The first kappa shape index (κ1) is 23.9. The van der Waals surface area contributed by atoms with Gasteiger partial charge in [0.1, 0.15) is 5.78 Å². The molecule has 0 radical (unpaired) electrons. The predicted octanol–water partition coefficient (Wildman–Crippen LogP) is 5.22. The topological polar surface area (TPSA) is 66.8 Å². The summed E-state index contributed by atoms with van der Waals surface area (Å²) in [4.78, 5) is 25.2. The van der Waals surface area contributed by atoms with E-state index in [1.54, 1.807) is 0 Å². The number of nitrogens with zero attached hydrogens (tertiary/aromatic N) is 1. The molecule has 1 fully saturated rings. The third-order valence-electron chi connectivity index (χ3n) is 6.81. The molecule has 0 spiro atoms. The van der Waals surface area contributed by atoms with Crippen molar-refractivity contribution in [2.45, 2.75) is 44.9 Å². The summed E-state index contributed by atoms with van der Waals surface area (Å²) in [6, 6.07) is 29.5. The van der Waals surface area contributed by atoms with Crippen LogP contribution in [-0.2, 0) is 19.7 Å². The molecule has 1 heterocycles. The summed E-state index contributed by atoms with van der Waals surface area (Å²) in [5.74, 6) is -1.46. The number of esters is 1. The van der Waals surface area contributed by atoms with Crippen LogP contribution in [0.25, 0.3) is 0 Å². The van der Waals surface area contributed by atoms with Crippen LogP contribution in [0.15, 0.2) is 91.0 Å². The molecule has 0 amide bonds. The molecular formula is C29H31NO4. The van der Waals surface area contributed by atoms with Gasteiger partial charge in [-0.3, -0.25) is 9.59 Å². The number of ether oxygens (including phenoxy) is 1. The first-order valence-electron chi connectivity index (χ1n) is 11.7. The number of hydrogen-bond donors (Lipinski definition) is 1. The van der Waals surface area contributed by atoms with Gasteiger partial charge in [-0.2, -0.15) is 0 Å². The molecule has 0 aromatic heterocycles. The number of hydroxylamine groups is 2. The van der Waals surface area contributed by atoms with Gasteiger partial charge in [0.25, 0.3) is 0 Å². The molecule has 5 nitrogen and oxygen atoms in total. The molecule has 4 rings (SSSR count). The Hall–Kier alpha value is -3.28. The van der Waals surface area contributed by atoms with E-state index in [0.717, 1.165) is 21.8 Å². The van der Waals surface area contributed by atoms with Crippen molar-refractivity contribution >= 4 is 11.8 Å². The fourth-order valence-electron chi connectivity index (χ4n) is 5.37. The van der Waals surface area contributed by atoms with Crippen molar-refractivity contribution in [3.8, 4) is 0 Å². The van der Waals surface area contributed by atoms with Gasteiger partial charge in [-0.25, -0.2) is 0 Å². The van der Waals surface area contributed by atoms with E-state index in [0.29, 0.717) is 6.42 Å². The van der Waals surface area contributed by atoms with Gasteiger partial charge in [-0.05, 0) is 23.1 Å². The zero-order valence-electron chi connectivity index (χ0n) is 19.8. The Morgan fingerprint density at radius 2 is 1.26 bits per heavy atom. The van der Waals surface area contributed by atoms with Crippen LogP contribution in [0.5, 0.6) is 0 Å². The van der Waals surface area contributed by atoms with Crippen LogP contribution >= 0.6 is 0 Å². The second-order valence-corrected chi connectivity index (χ2v) is 9.20. The monoisotopic (exact) mass is 457 g/mol. The van der Waals surface area contributed by atoms with Crippen molar-refractivity contribution in [2.24, 2.45) is 11.8 Å². The lowest BCUT2D eigenvalue weighted by atomic mass is 9.63. The number of benzene rings is 3. The van der Waals surface area contributed by atoms with E-state index in [9.17, 15) is 14.8 Å². The summed E-state index contributed by atoms with van der Waals surface area (Å²) in [6.07, 6.45) is -0.711. The molecule has 1 saturated heterocycles. The van der Waals surface area contributed by atoms with E-state index in [4.69, 9.17) is 4.74 Å². The number of carbonyl (C=O) groups is 2. The number of Topliss-reactive ketones (excluding diaryl/α,β-unsaturated/α-hetero) is 1. The fourth-order valence-corrected chi connectivity index (χ4v) is 5.37. The van der Waals surface area contributed by atoms with Crippen molar-refractivity contribution in [3.63, 3.8) is 0 Å². The highest BCUT2D eigenvalue weighted by Crippen LogP contribution is 2.50. The van der Waals surface area contributed by atoms with E-state index in [-0.39, 0.29) is 11.7 Å². The van der Waals surface area contributed by atoms with Crippen LogP contribution in [-0.4, -0.2) is 34.3 Å². The summed E-state index contributed by atoms with van der Waals surface area (Å²) in [5, 5.41) is 12.7. The summed E-state index contributed by atoms with van der Waals surface area (Å²) in [5.41, 5.74) is 2.13. The highest BCUT2D eigenvalue weighted by Gasteiger charge is 2.56. The Balaban J connectivity index is 1.99. The maximum atomic E-state index is 13.2. The molecule has 3 atom stereocenters. The minimum absolute atomic E-state index is 0.0316. The smallest absolute Gasteiger partial charge is 0.304 e. The van der Waals surface area contributed by atoms with Gasteiger partial charge in [0.15, 0.2) is 6.23 Å². The zero-order valence-corrected chi connectivity index (χ0v) is 19.8. The van der Waals surface area contributed by atoms with Gasteiger partial charge in [0, 0.05) is 12.8 Å². The lowest BCUT2D eigenvalue weighted by Gasteiger charge is -2.43. The zero-order chi connectivity index (χ0) is 24.3. The molecule has 1 N–H and O–H groups in total. The molecule has 1 unspecified atom stereocenters. The normalized spacial score (nSPS) is 20.9. The van der Waals surface area contributed by atoms with Crippen LogP contribution < -0.4 is 0 Å². The molecule has 3 aromatic rings. The van der Waals surface area contributed by atoms with Gasteiger partial charge in [-0.15, -0.1) is 5.06 Å². The van der Waals surface area contributed by atoms with Gasteiger partial charge in [0.2, 0.25) is 0 Å². The molecule has 1 aliphatic heterocycles. The third-order valence-corrected chi connectivity index (χ3v) is 6.81. The van der Waals surface area contributed by atoms with Crippen LogP contribution in [0, 0.1) is 11.8 Å². The standard InChI is InChI=1S/C29H31NO4/c1-20(2)27(32)25-19-26(30(33)28(25)34-21(3)31)29(22-13-7-4-8-14-22,23-15-9-5-10-16-23)24-17-11-6-12-18-24/h4-18,20,25-26,28,33H,19H2,1-3H3/t25-,26-,28?/m0/s1. The highest BCUT2D eigenvalue weighted by molar-refractivity contribution is 5.84. The van der Waals surface area contributed by atoms with Crippen molar-refractivity contribution in [2.75, 3.05) is 0 Å². The predicted molar refractivity (Wildman–Crippen MR) is 130 cm³/mol. The molecular weight excluding hydrogens is 426 g/mol. The quantitative estimate of drug-likeness (QED) is 0.389. The Labute approximate surface area is 200 Å². The van der Waals surface area contributed by atoms with E-state index in [1.807, 2.05) is 105 Å². The van der Waals surface area contributed by atoms with Gasteiger partial charge in [0.05, 0.1) is 17.4 Å². The number of carbonyl (C=O) groups excluding carboxylic acids is 2. The summed E-state index contributed by atoms with van der Waals surface area (Å²) in [6.45, 7) is 4.97. The molecule has 1 aliphatic rings. The van der Waals surface area contributed by atoms with Gasteiger partial charge < -0.3 is 9.94 Å². The highest BCUT2D eigenvalue weighted by atomic mass is 16.6. The van der Waals surface area contributed by atoms with Crippen molar-refractivity contribution < 1.29 is 19.5 Å². The lowest BCUT2D eigenvalue weighted by Crippen LogP contribution is -2.50. The number of ketones is 1. The number of rotatable bonds is 7. The van der Waals surface area contributed by atoms with E-state index >= 15 is 0 Å². The average Bonchev–Trinajstić information content (AvgIpc) is 3.17. The van der Waals surface area contributed by atoms with Crippen LogP contribution in [0.3, 0.4) is 0 Å². The maximum absolute atomic E-state index is 13.2. The van der Waals surface area contributed by atoms with Crippen molar-refractivity contribution in [3.05, 3.63) is 108 Å². The second-order valence-electron chi connectivity index (χ2n) is 9.20. The molecule has 0 aliphatic carbocycles. The van der Waals surface area contributed by atoms with E-state index < -0.39 is 29.6 Å². The molecule has 0 bridgehead atoms. The SMILES string of the molecule is CC(=O)OC1[C@H](C(=O)C(C)C)C[C@@H](C(c2ccccc2)(c2ccccc2)c2ccccc2)N1O. The summed E-state index contributed by atoms with van der Waals surface area (Å²) < 4.78 is 5.56. The third kappa shape index (κ3) is 4.17. The van der Waals surface area contributed by atoms with Crippen LogP contribution in [0.2, 0.25) is 0 Å². The van der Waals surface area contributed by atoms with E-state index in [1.165, 1.54) is 6.92 Å². The fraction of sp³-hybridized carbons (Fsp3) is 0.310. The Morgan fingerprint density at radius 1 is 0.853 bits per heavy atom. The second kappa shape index (κ2) is 9.92. The first-order chi connectivity index (χ1) is 16.4. The van der Waals surface area contributed by atoms with E-state index in [2.05, 4.69) is 0 Å². The molecule has 34 heavy (non-hydrogen) atoms. The maximum Gasteiger partial charge on any atom is 0.304 e. The molecule has 0 saturated carbocycles. The minimum atomic E-state index is -1.05. The van der Waals surface area contributed by atoms with Crippen LogP contribution in [0.4, 0.5) is 0 Å². The van der Waals surface area contributed by atoms with Gasteiger partial charge in [-0.1, -0.05) is 105 Å². The largest absolute Gasteiger partial charge is 0.444 e. The summed E-state index contributed by atoms with van der Waals surface area (Å²) >= 11 is 0. The first-order valence-corrected chi connectivity index (χ1v) is 11.7. The lowest BCUT2D eigenvalue weighted by molar-refractivity contribution is -0.225. The molecule has 176 valence electrons. The molecule has 5 heteroatoms. The minimum Gasteiger partial charge on any atom is -0.444 e. The summed E-state index contributed by atoms with van der Waals surface area (Å²) in [7, 11) is 0. The Kier molecular flexibility index (Phi) is 6.96. The molecule has 3 aromatic carbocycles. The van der Waals surface area contributed by atoms with Crippen LogP contribution in [0.1, 0.15) is 43.9 Å². The van der Waals surface area contributed by atoms with Crippen molar-refractivity contribution in [1.82, 2.24) is 5.06 Å². The average molecular weight is 458 g/mol. The van der Waals surface area contributed by atoms with Crippen molar-refractivity contribution in [1.29, 1.82) is 0 Å². The Morgan fingerprint density at radius 3 is 1.62 bits per heavy atom.